The molecule has 3 aromatic rings. The molecule has 0 spiro atoms. The first-order valence-electron chi connectivity index (χ1n) is 8.35. The summed E-state index contributed by atoms with van der Waals surface area (Å²) < 4.78 is 40.4. The monoisotopic (exact) mass is 363 g/mol. The van der Waals surface area contributed by atoms with Crippen LogP contribution in [0.5, 0.6) is 0 Å². The van der Waals surface area contributed by atoms with E-state index in [0.29, 0.717) is 11.5 Å². The minimum absolute atomic E-state index is 0.277. The van der Waals surface area contributed by atoms with Crippen molar-refractivity contribution < 1.29 is 13.2 Å². The minimum Gasteiger partial charge on any atom is -0.340 e. The van der Waals surface area contributed by atoms with Crippen molar-refractivity contribution in [3.63, 3.8) is 0 Å². The molecule has 0 N–H and O–H groups in total. The molecule has 0 aliphatic rings. The minimum atomic E-state index is -4.35. The molecule has 0 fully saturated rings. The predicted molar refractivity (Wildman–Crippen MR) is 93.9 cm³/mol. The third-order valence-electron chi connectivity index (χ3n) is 4.15. The lowest BCUT2D eigenvalue weighted by molar-refractivity contribution is -0.137. The first-order valence-corrected chi connectivity index (χ1v) is 8.35. The molecule has 0 bridgehead atoms. The average molecular weight is 363 g/mol. The van der Waals surface area contributed by atoms with Gasteiger partial charge < -0.3 is 4.90 Å². The zero-order valence-electron chi connectivity index (χ0n) is 14.9. The first kappa shape index (κ1) is 18.2. The van der Waals surface area contributed by atoms with Crippen LogP contribution in [0.4, 0.5) is 19.1 Å². The Labute approximate surface area is 149 Å². The van der Waals surface area contributed by atoms with E-state index in [1.165, 1.54) is 6.07 Å². The lowest BCUT2D eigenvalue weighted by atomic mass is 10.1. The van der Waals surface area contributed by atoms with Gasteiger partial charge in [-0.2, -0.15) is 18.3 Å². The summed E-state index contributed by atoms with van der Waals surface area (Å²) in [7, 11) is 3.61. The molecule has 0 saturated heterocycles. The van der Waals surface area contributed by atoms with Gasteiger partial charge in [-0.1, -0.05) is 25.5 Å². The van der Waals surface area contributed by atoms with E-state index in [-0.39, 0.29) is 6.54 Å². The zero-order valence-corrected chi connectivity index (χ0v) is 14.9. The highest BCUT2D eigenvalue weighted by molar-refractivity contribution is 5.77. The van der Waals surface area contributed by atoms with E-state index in [2.05, 4.69) is 22.0 Å². The van der Waals surface area contributed by atoms with Gasteiger partial charge in [-0.15, -0.1) is 0 Å². The maximum absolute atomic E-state index is 12.9. The van der Waals surface area contributed by atoms with Gasteiger partial charge in [-0.05, 0) is 24.1 Å². The van der Waals surface area contributed by atoms with Gasteiger partial charge >= 0.3 is 6.18 Å². The fourth-order valence-corrected chi connectivity index (χ4v) is 2.88. The molecule has 0 saturated carbocycles. The number of hydrogen-bond acceptors (Lipinski definition) is 4. The van der Waals surface area contributed by atoms with Crippen molar-refractivity contribution >= 4 is 17.0 Å². The van der Waals surface area contributed by atoms with Crippen LogP contribution in [-0.4, -0.2) is 26.8 Å². The Morgan fingerprint density at radius 1 is 1.23 bits per heavy atom. The number of aryl methyl sites for hydroxylation is 2. The molecule has 0 unspecified atom stereocenters. The molecular weight excluding hydrogens is 343 g/mol. The Balaban J connectivity index is 1.88. The molecule has 5 nitrogen and oxygen atoms in total. The second kappa shape index (κ2) is 6.93. The van der Waals surface area contributed by atoms with Crippen molar-refractivity contribution in [2.24, 2.45) is 7.05 Å². The van der Waals surface area contributed by atoms with Gasteiger partial charge in [-0.25, -0.2) is 9.97 Å². The summed E-state index contributed by atoms with van der Waals surface area (Å²) in [4.78, 5) is 10.7. The third-order valence-corrected chi connectivity index (χ3v) is 4.15. The maximum Gasteiger partial charge on any atom is 0.416 e. The largest absolute Gasteiger partial charge is 0.416 e. The van der Waals surface area contributed by atoms with Crippen LogP contribution in [0.3, 0.4) is 0 Å². The SMILES string of the molecule is CCCc1nn(C)c2cnc(N(C)Cc3cccc(C(F)(F)F)c3)nc12. The van der Waals surface area contributed by atoms with E-state index >= 15 is 0 Å². The van der Waals surface area contributed by atoms with Crippen LogP contribution in [0, 0.1) is 0 Å². The second-order valence-electron chi connectivity index (χ2n) is 6.28. The van der Waals surface area contributed by atoms with Gasteiger partial charge in [0.05, 0.1) is 17.5 Å². The van der Waals surface area contributed by atoms with Crippen molar-refractivity contribution in [1.29, 1.82) is 0 Å². The number of fused-ring (bicyclic) bond motifs is 1. The Morgan fingerprint density at radius 3 is 2.69 bits per heavy atom. The molecule has 2 aromatic heterocycles. The summed E-state index contributed by atoms with van der Waals surface area (Å²) in [5, 5.41) is 4.47. The summed E-state index contributed by atoms with van der Waals surface area (Å²) in [6.45, 7) is 2.35. The van der Waals surface area contributed by atoms with Gasteiger partial charge in [0.2, 0.25) is 5.95 Å². The molecule has 8 heteroatoms. The molecule has 0 amide bonds. The van der Waals surface area contributed by atoms with Gasteiger partial charge in [0, 0.05) is 20.6 Å². The van der Waals surface area contributed by atoms with Crippen LogP contribution >= 0.6 is 0 Å². The molecule has 26 heavy (non-hydrogen) atoms. The standard InChI is InChI=1S/C18H20F3N5/c1-4-6-14-16-15(26(3)24-14)10-22-17(23-16)25(2)11-12-7-5-8-13(9-12)18(19,20)21/h5,7-10H,4,6,11H2,1-3H3. The molecule has 0 aliphatic carbocycles. The number of halogens is 3. The molecule has 0 atom stereocenters. The highest BCUT2D eigenvalue weighted by atomic mass is 19.4. The van der Waals surface area contributed by atoms with Crippen molar-refractivity contribution in [3.05, 3.63) is 47.3 Å². The first-order chi connectivity index (χ1) is 12.3. The lowest BCUT2D eigenvalue weighted by Gasteiger charge is -2.18. The van der Waals surface area contributed by atoms with Crippen molar-refractivity contribution in [2.45, 2.75) is 32.5 Å². The number of rotatable bonds is 5. The van der Waals surface area contributed by atoms with Gasteiger partial charge in [-0.3, -0.25) is 4.68 Å². The van der Waals surface area contributed by atoms with Gasteiger partial charge in [0.15, 0.2) is 0 Å². The molecule has 3 rings (SSSR count). The highest BCUT2D eigenvalue weighted by Gasteiger charge is 2.30. The molecule has 2 heterocycles. The molecular formula is C18H20F3N5. The molecule has 0 radical (unpaired) electrons. The van der Waals surface area contributed by atoms with Crippen LogP contribution in [0.25, 0.3) is 11.0 Å². The van der Waals surface area contributed by atoms with Gasteiger partial charge in [0.1, 0.15) is 11.0 Å². The van der Waals surface area contributed by atoms with Crippen molar-refractivity contribution in [2.75, 3.05) is 11.9 Å². The van der Waals surface area contributed by atoms with E-state index in [1.807, 2.05) is 7.05 Å². The zero-order chi connectivity index (χ0) is 18.9. The van der Waals surface area contributed by atoms with Crippen LogP contribution in [0.15, 0.2) is 30.5 Å². The van der Waals surface area contributed by atoms with E-state index in [9.17, 15) is 13.2 Å². The number of aromatic nitrogens is 4. The van der Waals surface area contributed by atoms with Crippen LogP contribution in [0.2, 0.25) is 0 Å². The maximum atomic E-state index is 12.9. The summed E-state index contributed by atoms with van der Waals surface area (Å²) in [5.74, 6) is 0.459. The van der Waals surface area contributed by atoms with E-state index < -0.39 is 11.7 Å². The number of hydrogen-bond donors (Lipinski definition) is 0. The summed E-state index contributed by atoms with van der Waals surface area (Å²) >= 11 is 0. The molecule has 1 aromatic carbocycles. The van der Waals surface area contributed by atoms with E-state index in [0.717, 1.165) is 41.7 Å². The van der Waals surface area contributed by atoms with Crippen LogP contribution in [-0.2, 0) is 26.2 Å². The smallest absolute Gasteiger partial charge is 0.340 e. The fraction of sp³-hybridized carbons (Fsp3) is 0.389. The summed E-state index contributed by atoms with van der Waals surface area (Å²) in [5.41, 5.74) is 2.42. The normalized spacial score (nSPS) is 11.9. The van der Waals surface area contributed by atoms with E-state index in [4.69, 9.17) is 0 Å². The average Bonchev–Trinajstić information content (AvgIpc) is 2.90. The second-order valence-corrected chi connectivity index (χ2v) is 6.28. The van der Waals surface area contributed by atoms with E-state index in [1.54, 1.807) is 28.9 Å². The van der Waals surface area contributed by atoms with Crippen molar-refractivity contribution in [1.82, 2.24) is 19.7 Å². The summed E-state index contributed by atoms with van der Waals surface area (Å²) in [6.07, 6.45) is -0.891. The van der Waals surface area contributed by atoms with Gasteiger partial charge in [0.25, 0.3) is 0 Å². The number of alkyl halides is 3. The van der Waals surface area contributed by atoms with Crippen molar-refractivity contribution in [3.8, 4) is 0 Å². The quantitative estimate of drug-likeness (QED) is 0.688. The number of anilines is 1. The number of nitrogens with zero attached hydrogens (tertiary/aromatic N) is 5. The topological polar surface area (TPSA) is 46.8 Å². The molecule has 138 valence electrons. The Kier molecular flexibility index (Phi) is 4.84. The Bertz CT molecular complexity index is 917. The highest BCUT2D eigenvalue weighted by Crippen LogP contribution is 2.30. The summed E-state index contributed by atoms with van der Waals surface area (Å²) in [6, 6.07) is 5.30. The van der Waals surface area contributed by atoms with Crippen LogP contribution < -0.4 is 4.90 Å². The fourth-order valence-electron chi connectivity index (χ4n) is 2.88. The molecule has 0 aliphatic heterocycles. The number of benzene rings is 1. The third kappa shape index (κ3) is 3.63. The lowest BCUT2D eigenvalue weighted by Crippen LogP contribution is -2.19. The Hall–Kier alpha value is -2.64. The predicted octanol–water partition coefficient (Wildman–Crippen LogP) is 3.97. The Morgan fingerprint density at radius 2 is 2.00 bits per heavy atom. The van der Waals surface area contributed by atoms with Crippen LogP contribution in [0.1, 0.15) is 30.2 Å².